The number of carbonyl (C=O) groups is 2. The number of amides is 1. The summed E-state index contributed by atoms with van der Waals surface area (Å²) in [6, 6.07) is 9.21. The van der Waals surface area contributed by atoms with E-state index in [1.54, 1.807) is 17.5 Å². The highest BCUT2D eigenvalue weighted by Crippen LogP contribution is 2.27. The van der Waals surface area contributed by atoms with E-state index in [1.165, 1.54) is 30.2 Å². The lowest BCUT2D eigenvalue weighted by atomic mass is 10.2. The number of nitrogens with zero attached hydrogens (tertiary/aromatic N) is 3. The van der Waals surface area contributed by atoms with Gasteiger partial charge in [0.2, 0.25) is 5.91 Å². The maximum atomic E-state index is 12.4. The van der Waals surface area contributed by atoms with Crippen LogP contribution in [0.2, 0.25) is 0 Å². The van der Waals surface area contributed by atoms with Crippen LogP contribution in [0.25, 0.3) is 11.4 Å². The van der Waals surface area contributed by atoms with Gasteiger partial charge in [-0.3, -0.25) is 9.36 Å². The van der Waals surface area contributed by atoms with Crippen molar-refractivity contribution in [1.82, 2.24) is 14.8 Å². The molecule has 1 amide bonds. The molecule has 0 saturated heterocycles. The van der Waals surface area contributed by atoms with Gasteiger partial charge in [0.1, 0.15) is 10.8 Å². The largest absolute Gasteiger partial charge is 0.494 e. The van der Waals surface area contributed by atoms with Crippen LogP contribution in [0.1, 0.15) is 17.3 Å². The van der Waals surface area contributed by atoms with Crippen molar-refractivity contribution < 1.29 is 19.1 Å². The van der Waals surface area contributed by atoms with Crippen LogP contribution >= 0.6 is 23.1 Å². The summed E-state index contributed by atoms with van der Waals surface area (Å²) in [7, 11) is 1.30. The molecule has 8 nitrogen and oxygen atoms in total. The van der Waals surface area contributed by atoms with Crippen LogP contribution in [-0.2, 0) is 16.1 Å². The maximum absolute atomic E-state index is 12.4. The van der Waals surface area contributed by atoms with Crippen LogP contribution in [0.3, 0.4) is 0 Å². The Kier molecular flexibility index (Phi) is 7.85. The molecule has 0 aliphatic heterocycles. The lowest BCUT2D eigenvalue weighted by Crippen LogP contribution is -2.16. The fraction of sp³-hybridized carbons (Fsp3) is 0.238. The number of aromatic nitrogens is 3. The van der Waals surface area contributed by atoms with E-state index in [4.69, 9.17) is 9.47 Å². The molecule has 162 valence electrons. The zero-order valence-electron chi connectivity index (χ0n) is 17.2. The van der Waals surface area contributed by atoms with Crippen molar-refractivity contribution in [3.05, 3.63) is 53.9 Å². The Labute approximate surface area is 188 Å². The van der Waals surface area contributed by atoms with E-state index in [0.29, 0.717) is 34.7 Å². The number of esters is 1. The predicted octanol–water partition coefficient (Wildman–Crippen LogP) is 4.11. The summed E-state index contributed by atoms with van der Waals surface area (Å²) in [6.07, 6.45) is 1.75. The van der Waals surface area contributed by atoms with Crippen molar-refractivity contribution in [3.63, 3.8) is 0 Å². The second kappa shape index (κ2) is 10.8. The monoisotopic (exact) mass is 458 g/mol. The zero-order valence-corrected chi connectivity index (χ0v) is 18.8. The van der Waals surface area contributed by atoms with Crippen LogP contribution in [0.4, 0.5) is 5.00 Å². The normalized spacial score (nSPS) is 10.5. The number of benzene rings is 1. The molecule has 0 spiro atoms. The van der Waals surface area contributed by atoms with Gasteiger partial charge in [0.25, 0.3) is 0 Å². The number of hydrogen-bond acceptors (Lipinski definition) is 8. The van der Waals surface area contributed by atoms with E-state index in [0.717, 1.165) is 11.3 Å². The van der Waals surface area contributed by atoms with Gasteiger partial charge in [-0.2, -0.15) is 0 Å². The third kappa shape index (κ3) is 5.53. The number of ether oxygens (including phenoxy) is 2. The summed E-state index contributed by atoms with van der Waals surface area (Å²) >= 11 is 2.52. The Morgan fingerprint density at radius 1 is 1.26 bits per heavy atom. The van der Waals surface area contributed by atoms with Gasteiger partial charge in [0.05, 0.1) is 25.0 Å². The third-order valence-corrected chi connectivity index (χ3v) is 5.90. The van der Waals surface area contributed by atoms with Gasteiger partial charge in [0.15, 0.2) is 11.0 Å². The van der Waals surface area contributed by atoms with Gasteiger partial charge in [0, 0.05) is 12.1 Å². The van der Waals surface area contributed by atoms with Crippen molar-refractivity contribution in [2.75, 3.05) is 24.8 Å². The lowest BCUT2D eigenvalue weighted by molar-refractivity contribution is -0.113. The molecule has 0 radical (unpaired) electrons. The molecule has 31 heavy (non-hydrogen) atoms. The fourth-order valence-electron chi connectivity index (χ4n) is 2.74. The molecule has 3 aromatic rings. The van der Waals surface area contributed by atoms with Gasteiger partial charge < -0.3 is 14.8 Å². The summed E-state index contributed by atoms with van der Waals surface area (Å²) in [6.45, 7) is 6.83. The second-order valence-corrected chi connectivity index (χ2v) is 8.01. The van der Waals surface area contributed by atoms with E-state index < -0.39 is 5.97 Å². The molecule has 0 aliphatic carbocycles. The second-order valence-electron chi connectivity index (χ2n) is 6.15. The fourth-order valence-corrected chi connectivity index (χ4v) is 4.28. The minimum absolute atomic E-state index is 0.108. The first kappa shape index (κ1) is 22.6. The summed E-state index contributed by atoms with van der Waals surface area (Å²) < 4.78 is 12.1. The maximum Gasteiger partial charge on any atom is 0.340 e. The molecule has 10 heteroatoms. The molecular formula is C21H22N4O4S2. The highest BCUT2D eigenvalue weighted by molar-refractivity contribution is 7.99. The number of hydrogen-bond donors (Lipinski definition) is 1. The molecule has 1 N–H and O–H groups in total. The number of allylic oxidation sites excluding steroid dienone is 1. The Morgan fingerprint density at radius 2 is 2.03 bits per heavy atom. The average molecular weight is 459 g/mol. The number of anilines is 1. The Balaban J connectivity index is 1.70. The van der Waals surface area contributed by atoms with Crippen molar-refractivity contribution in [2.24, 2.45) is 0 Å². The Morgan fingerprint density at radius 3 is 2.71 bits per heavy atom. The summed E-state index contributed by atoms with van der Waals surface area (Å²) in [5.41, 5.74) is 1.22. The summed E-state index contributed by atoms with van der Waals surface area (Å²) in [5.74, 6) is 0.824. The first-order valence-electron chi connectivity index (χ1n) is 9.43. The average Bonchev–Trinajstić information content (AvgIpc) is 3.40. The Hall–Kier alpha value is -3.11. The van der Waals surface area contributed by atoms with E-state index in [-0.39, 0.29) is 11.7 Å². The molecule has 0 aliphatic rings. The minimum Gasteiger partial charge on any atom is -0.494 e. The highest BCUT2D eigenvalue weighted by atomic mass is 32.2. The van der Waals surface area contributed by atoms with E-state index in [2.05, 4.69) is 22.1 Å². The summed E-state index contributed by atoms with van der Waals surface area (Å²) in [5, 5.41) is 14.1. The van der Waals surface area contributed by atoms with Crippen molar-refractivity contribution in [3.8, 4) is 17.1 Å². The molecule has 0 unspecified atom stereocenters. The van der Waals surface area contributed by atoms with Crippen LogP contribution in [-0.4, -0.2) is 46.1 Å². The topological polar surface area (TPSA) is 95.3 Å². The zero-order chi connectivity index (χ0) is 22.2. The van der Waals surface area contributed by atoms with Gasteiger partial charge >= 0.3 is 5.97 Å². The van der Waals surface area contributed by atoms with Crippen LogP contribution in [0.5, 0.6) is 5.75 Å². The molecule has 0 fully saturated rings. The molecule has 0 saturated carbocycles. The molecule has 0 atom stereocenters. The van der Waals surface area contributed by atoms with Gasteiger partial charge in [-0.15, -0.1) is 28.1 Å². The number of methoxy groups -OCH3 is 1. The van der Waals surface area contributed by atoms with Gasteiger partial charge in [-0.1, -0.05) is 17.8 Å². The molecule has 2 heterocycles. The molecule has 0 bridgehead atoms. The predicted molar refractivity (Wildman–Crippen MR) is 122 cm³/mol. The van der Waals surface area contributed by atoms with E-state index >= 15 is 0 Å². The SMILES string of the molecule is C=CCn1c(SCC(=O)Nc2sccc2C(=O)OC)nnc1-c1ccc(OCC)cc1. The summed E-state index contributed by atoms with van der Waals surface area (Å²) in [4.78, 5) is 24.2. The van der Waals surface area contributed by atoms with Crippen molar-refractivity contribution in [2.45, 2.75) is 18.6 Å². The lowest BCUT2D eigenvalue weighted by Gasteiger charge is -2.09. The molecular weight excluding hydrogens is 436 g/mol. The number of rotatable bonds is 10. The van der Waals surface area contributed by atoms with E-state index in [1.807, 2.05) is 35.8 Å². The van der Waals surface area contributed by atoms with Gasteiger partial charge in [-0.25, -0.2) is 4.79 Å². The number of carbonyl (C=O) groups excluding carboxylic acids is 2. The first-order valence-corrected chi connectivity index (χ1v) is 11.3. The number of thioether (sulfide) groups is 1. The minimum atomic E-state index is -0.491. The van der Waals surface area contributed by atoms with E-state index in [9.17, 15) is 9.59 Å². The number of nitrogens with one attached hydrogen (secondary N) is 1. The molecule has 1 aromatic carbocycles. The highest BCUT2D eigenvalue weighted by Gasteiger charge is 2.18. The van der Waals surface area contributed by atoms with Crippen molar-refractivity contribution >= 4 is 40.0 Å². The van der Waals surface area contributed by atoms with Crippen molar-refractivity contribution in [1.29, 1.82) is 0 Å². The number of thiophene rings is 1. The van der Waals surface area contributed by atoms with Crippen LogP contribution < -0.4 is 10.1 Å². The van der Waals surface area contributed by atoms with Crippen LogP contribution in [0, 0.1) is 0 Å². The quantitative estimate of drug-likeness (QED) is 0.277. The standard InChI is InChI=1S/C21H22N4O4S2/c1-4-11-25-18(14-6-8-15(9-7-14)29-5-2)23-24-21(25)31-13-17(26)22-19-16(10-12-30-19)20(27)28-3/h4,6-10,12H,1,5,11,13H2,2-3H3,(H,22,26). The van der Waals surface area contributed by atoms with Gasteiger partial charge in [-0.05, 0) is 42.6 Å². The first-order chi connectivity index (χ1) is 15.1. The van der Waals surface area contributed by atoms with Crippen LogP contribution in [0.15, 0.2) is 53.5 Å². The smallest absolute Gasteiger partial charge is 0.340 e. The third-order valence-electron chi connectivity index (χ3n) is 4.11. The molecule has 3 rings (SSSR count). The Bertz CT molecular complexity index is 1060. The molecule has 2 aromatic heterocycles.